The summed E-state index contributed by atoms with van der Waals surface area (Å²) in [5.41, 5.74) is 0.681. The van der Waals surface area contributed by atoms with Gasteiger partial charge in [-0.3, -0.25) is 4.79 Å². The Morgan fingerprint density at radius 1 is 1.35 bits per heavy atom. The third kappa shape index (κ3) is 2.81. The lowest BCUT2D eigenvalue weighted by Crippen LogP contribution is -2.45. The average molecular weight is 299 g/mol. The van der Waals surface area contributed by atoms with E-state index in [-0.39, 0.29) is 29.5 Å². The normalized spacial score (nSPS) is 25.9. The molecule has 2 aliphatic heterocycles. The third-order valence-corrected chi connectivity index (χ3v) is 4.34. The molecule has 110 valence electrons. The molecule has 1 amide bonds. The van der Waals surface area contributed by atoms with Crippen LogP contribution in [-0.4, -0.2) is 30.4 Å². The smallest absolute Gasteiger partial charge is 0.230 e. The number of amides is 1. The Hall–Kier alpha value is -1.13. The number of carbonyl (C=O) groups excluding carboxylic acids is 1. The summed E-state index contributed by atoms with van der Waals surface area (Å²) in [5, 5.41) is 3.33. The predicted molar refractivity (Wildman–Crippen MR) is 78.2 cm³/mol. The number of piperidine rings is 1. The molecule has 1 atom stereocenters. The molecule has 1 unspecified atom stereocenters. The van der Waals surface area contributed by atoms with Crippen molar-refractivity contribution >= 4 is 18.3 Å². The minimum Gasteiger partial charge on any atom is -0.338 e. The van der Waals surface area contributed by atoms with Gasteiger partial charge in [-0.15, -0.1) is 12.4 Å². The van der Waals surface area contributed by atoms with E-state index in [1.807, 2.05) is 11.0 Å². The van der Waals surface area contributed by atoms with Gasteiger partial charge in [-0.1, -0.05) is 12.1 Å². The van der Waals surface area contributed by atoms with Crippen molar-refractivity contribution in [2.24, 2.45) is 5.41 Å². The van der Waals surface area contributed by atoms with Gasteiger partial charge in [0.05, 0.1) is 5.41 Å². The maximum atomic E-state index is 13.2. The second kappa shape index (κ2) is 6.10. The SMILES string of the molecule is Cl.O=C1N(Cc2cccc(F)c2)CCC12CCCNC2. The van der Waals surface area contributed by atoms with Gasteiger partial charge in [0.15, 0.2) is 0 Å². The van der Waals surface area contributed by atoms with Crippen LogP contribution in [0.3, 0.4) is 0 Å². The summed E-state index contributed by atoms with van der Waals surface area (Å²) in [6.07, 6.45) is 2.98. The number of halogens is 2. The standard InChI is InChI=1S/C15H19FN2O.ClH/c16-13-4-1-3-12(9-13)10-18-8-6-15(14(18)19)5-2-7-17-11-15;/h1,3-4,9,17H,2,5-8,10-11H2;1H. The molecule has 1 aromatic carbocycles. The van der Waals surface area contributed by atoms with Gasteiger partial charge in [0.25, 0.3) is 0 Å². The summed E-state index contributed by atoms with van der Waals surface area (Å²) >= 11 is 0. The van der Waals surface area contributed by atoms with Crippen LogP contribution >= 0.6 is 12.4 Å². The minimum atomic E-state index is -0.238. The molecule has 3 rings (SSSR count). The van der Waals surface area contributed by atoms with E-state index in [1.165, 1.54) is 12.1 Å². The first-order chi connectivity index (χ1) is 9.20. The van der Waals surface area contributed by atoms with E-state index in [4.69, 9.17) is 0 Å². The van der Waals surface area contributed by atoms with Crippen molar-refractivity contribution in [3.63, 3.8) is 0 Å². The topological polar surface area (TPSA) is 32.3 Å². The van der Waals surface area contributed by atoms with Gasteiger partial charge in [-0.2, -0.15) is 0 Å². The molecule has 3 nitrogen and oxygen atoms in total. The summed E-state index contributed by atoms with van der Waals surface area (Å²) in [6.45, 7) is 3.12. The van der Waals surface area contributed by atoms with E-state index in [0.29, 0.717) is 6.54 Å². The summed E-state index contributed by atoms with van der Waals surface area (Å²) in [6, 6.07) is 6.52. The Morgan fingerprint density at radius 3 is 2.90 bits per heavy atom. The second-order valence-corrected chi connectivity index (χ2v) is 5.67. The fourth-order valence-electron chi connectivity index (χ4n) is 3.26. The molecule has 0 aromatic heterocycles. The number of rotatable bonds is 2. The molecule has 1 spiro atoms. The van der Waals surface area contributed by atoms with Crippen molar-refractivity contribution < 1.29 is 9.18 Å². The van der Waals surface area contributed by atoms with Crippen molar-refractivity contribution in [1.82, 2.24) is 10.2 Å². The van der Waals surface area contributed by atoms with Crippen molar-refractivity contribution in [3.05, 3.63) is 35.6 Å². The number of benzene rings is 1. The number of nitrogens with zero attached hydrogens (tertiary/aromatic N) is 1. The Balaban J connectivity index is 0.00000147. The van der Waals surface area contributed by atoms with Gasteiger partial charge in [-0.25, -0.2) is 4.39 Å². The zero-order valence-electron chi connectivity index (χ0n) is 11.4. The van der Waals surface area contributed by atoms with E-state index in [1.54, 1.807) is 6.07 Å². The fraction of sp³-hybridized carbons (Fsp3) is 0.533. The molecule has 1 N–H and O–H groups in total. The van der Waals surface area contributed by atoms with Crippen LogP contribution in [0, 0.1) is 11.2 Å². The van der Waals surface area contributed by atoms with Crippen molar-refractivity contribution in [2.45, 2.75) is 25.8 Å². The molecule has 2 heterocycles. The number of hydrogen-bond acceptors (Lipinski definition) is 2. The van der Waals surface area contributed by atoms with Crippen LogP contribution in [0.15, 0.2) is 24.3 Å². The largest absolute Gasteiger partial charge is 0.338 e. The van der Waals surface area contributed by atoms with E-state index >= 15 is 0 Å². The molecular formula is C15H20ClFN2O. The third-order valence-electron chi connectivity index (χ3n) is 4.34. The zero-order chi connectivity index (χ0) is 13.3. The number of hydrogen-bond donors (Lipinski definition) is 1. The first-order valence-electron chi connectivity index (χ1n) is 6.94. The van der Waals surface area contributed by atoms with Crippen LogP contribution in [0.2, 0.25) is 0 Å². The quantitative estimate of drug-likeness (QED) is 0.909. The lowest BCUT2D eigenvalue weighted by atomic mass is 9.79. The molecule has 2 aliphatic rings. The highest BCUT2D eigenvalue weighted by atomic mass is 35.5. The molecule has 5 heteroatoms. The second-order valence-electron chi connectivity index (χ2n) is 5.67. The van der Waals surface area contributed by atoms with E-state index in [0.717, 1.165) is 44.5 Å². The molecule has 0 bridgehead atoms. The van der Waals surface area contributed by atoms with Crippen LogP contribution in [0.5, 0.6) is 0 Å². The monoisotopic (exact) mass is 298 g/mol. The van der Waals surface area contributed by atoms with Gasteiger partial charge in [0.2, 0.25) is 5.91 Å². The average Bonchev–Trinajstić information content (AvgIpc) is 2.70. The lowest BCUT2D eigenvalue weighted by Gasteiger charge is -2.32. The fourth-order valence-corrected chi connectivity index (χ4v) is 3.26. The van der Waals surface area contributed by atoms with Crippen LogP contribution < -0.4 is 5.32 Å². The molecular weight excluding hydrogens is 279 g/mol. The van der Waals surface area contributed by atoms with Crippen LogP contribution in [-0.2, 0) is 11.3 Å². The van der Waals surface area contributed by atoms with Gasteiger partial charge in [0.1, 0.15) is 5.82 Å². The van der Waals surface area contributed by atoms with Crippen molar-refractivity contribution in [2.75, 3.05) is 19.6 Å². The van der Waals surface area contributed by atoms with Crippen LogP contribution in [0.1, 0.15) is 24.8 Å². The van der Waals surface area contributed by atoms with Gasteiger partial charge in [0, 0.05) is 19.6 Å². The highest BCUT2D eigenvalue weighted by molar-refractivity contribution is 5.85. The first kappa shape index (κ1) is 15.3. The molecule has 0 radical (unpaired) electrons. The summed E-state index contributed by atoms with van der Waals surface area (Å²) in [4.78, 5) is 14.4. The Morgan fingerprint density at radius 2 is 2.20 bits per heavy atom. The lowest BCUT2D eigenvalue weighted by molar-refractivity contribution is -0.137. The first-order valence-corrected chi connectivity index (χ1v) is 6.94. The highest BCUT2D eigenvalue weighted by Crippen LogP contribution is 2.38. The van der Waals surface area contributed by atoms with Crippen LogP contribution in [0.4, 0.5) is 4.39 Å². The maximum Gasteiger partial charge on any atom is 0.230 e. The maximum absolute atomic E-state index is 13.2. The Kier molecular flexibility index (Phi) is 4.66. The molecule has 0 aliphatic carbocycles. The summed E-state index contributed by atoms with van der Waals surface area (Å²) < 4.78 is 13.2. The molecule has 0 saturated carbocycles. The molecule has 2 fully saturated rings. The zero-order valence-corrected chi connectivity index (χ0v) is 12.2. The molecule has 1 aromatic rings. The van der Waals surface area contributed by atoms with E-state index < -0.39 is 0 Å². The minimum absolute atomic E-state index is 0. The summed E-state index contributed by atoms with van der Waals surface area (Å²) in [5.74, 6) is 0.00199. The Bertz CT molecular complexity index is 489. The van der Waals surface area contributed by atoms with E-state index in [2.05, 4.69) is 5.32 Å². The molecule has 20 heavy (non-hydrogen) atoms. The van der Waals surface area contributed by atoms with Crippen molar-refractivity contribution in [1.29, 1.82) is 0 Å². The van der Waals surface area contributed by atoms with Gasteiger partial charge >= 0.3 is 0 Å². The highest BCUT2D eigenvalue weighted by Gasteiger charge is 2.46. The number of likely N-dealkylation sites (tertiary alicyclic amines) is 1. The van der Waals surface area contributed by atoms with Gasteiger partial charge < -0.3 is 10.2 Å². The number of nitrogens with one attached hydrogen (secondary N) is 1. The summed E-state index contributed by atoms with van der Waals surface area (Å²) in [7, 11) is 0. The van der Waals surface area contributed by atoms with Crippen molar-refractivity contribution in [3.8, 4) is 0 Å². The van der Waals surface area contributed by atoms with E-state index in [9.17, 15) is 9.18 Å². The molecule has 2 saturated heterocycles. The van der Waals surface area contributed by atoms with Gasteiger partial charge in [-0.05, 0) is 43.5 Å². The number of carbonyl (C=O) groups is 1. The van der Waals surface area contributed by atoms with Crippen LogP contribution in [0.25, 0.3) is 0 Å². The Labute approximate surface area is 124 Å². The predicted octanol–water partition coefficient (Wildman–Crippen LogP) is 2.35.